The van der Waals surface area contributed by atoms with Crippen molar-refractivity contribution in [3.8, 4) is 5.75 Å². The number of ether oxygens (including phenoxy) is 1. The molecule has 0 bridgehead atoms. The standard InChI is InChI=1S/C10H12BrNO5S/c1-17-9-3-6(4-10(13)14)7(11)5-8(9)12-18(2,15)16/h3,5,12H,4H2,1-2H3,(H,13,14). The molecule has 100 valence electrons. The van der Waals surface area contributed by atoms with Crippen LogP contribution < -0.4 is 9.46 Å². The van der Waals surface area contributed by atoms with E-state index in [-0.39, 0.29) is 17.9 Å². The largest absolute Gasteiger partial charge is 0.495 e. The minimum Gasteiger partial charge on any atom is -0.495 e. The van der Waals surface area contributed by atoms with Gasteiger partial charge in [-0.15, -0.1) is 0 Å². The highest BCUT2D eigenvalue weighted by Crippen LogP contribution is 2.32. The van der Waals surface area contributed by atoms with E-state index >= 15 is 0 Å². The van der Waals surface area contributed by atoms with Crippen molar-refractivity contribution in [3.05, 3.63) is 22.2 Å². The van der Waals surface area contributed by atoms with Crippen molar-refractivity contribution >= 4 is 37.6 Å². The summed E-state index contributed by atoms with van der Waals surface area (Å²) in [6.45, 7) is 0. The minimum atomic E-state index is -3.43. The maximum Gasteiger partial charge on any atom is 0.307 e. The number of carbonyl (C=O) groups is 1. The van der Waals surface area contributed by atoms with E-state index in [1.807, 2.05) is 0 Å². The smallest absolute Gasteiger partial charge is 0.307 e. The molecule has 1 aromatic carbocycles. The molecule has 0 saturated heterocycles. The van der Waals surface area contributed by atoms with Gasteiger partial charge in [0.2, 0.25) is 10.0 Å². The Morgan fingerprint density at radius 3 is 2.56 bits per heavy atom. The van der Waals surface area contributed by atoms with Gasteiger partial charge in [0.1, 0.15) is 5.75 Å². The number of anilines is 1. The van der Waals surface area contributed by atoms with Gasteiger partial charge in [-0.3, -0.25) is 9.52 Å². The SMILES string of the molecule is COc1cc(CC(=O)O)c(Br)cc1NS(C)(=O)=O. The molecule has 1 rings (SSSR count). The van der Waals surface area contributed by atoms with Crippen molar-refractivity contribution in [2.24, 2.45) is 0 Å². The summed E-state index contributed by atoms with van der Waals surface area (Å²) < 4.78 is 30.2. The number of hydrogen-bond acceptors (Lipinski definition) is 4. The lowest BCUT2D eigenvalue weighted by Gasteiger charge is -2.12. The van der Waals surface area contributed by atoms with Crippen LogP contribution in [0.3, 0.4) is 0 Å². The Bertz CT molecular complexity index is 570. The van der Waals surface area contributed by atoms with Crippen molar-refractivity contribution in [1.29, 1.82) is 0 Å². The van der Waals surface area contributed by atoms with Crippen molar-refractivity contribution in [2.45, 2.75) is 6.42 Å². The first-order valence-corrected chi connectivity index (χ1v) is 7.47. The molecule has 0 atom stereocenters. The molecular weight excluding hydrogens is 326 g/mol. The average molecular weight is 338 g/mol. The summed E-state index contributed by atoms with van der Waals surface area (Å²) in [5, 5.41) is 8.74. The zero-order valence-corrected chi connectivity index (χ0v) is 12.1. The molecule has 0 amide bonds. The second kappa shape index (κ2) is 5.57. The molecule has 0 spiro atoms. The molecule has 0 aliphatic rings. The number of hydrogen-bond donors (Lipinski definition) is 2. The highest BCUT2D eigenvalue weighted by Gasteiger charge is 2.14. The summed E-state index contributed by atoms with van der Waals surface area (Å²) in [4.78, 5) is 10.7. The van der Waals surface area contributed by atoms with Crippen molar-refractivity contribution < 1.29 is 23.1 Å². The quantitative estimate of drug-likeness (QED) is 0.848. The third-order valence-electron chi connectivity index (χ3n) is 2.01. The van der Waals surface area contributed by atoms with Gasteiger partial charge in [-0.1, -0.05) is 15.9 Å². The fourth-order valence-electron chi connectivity index (χ4n) is 1.34. The Morgan fingerprint density at radius 1 is 1.50 bits per heavy atom. The summed E-state index contributed by atoms with van der Waals surface area (Å²) in [6, 6.07) is 2.95. The Hall–Kier alpha value is -1.28. The maximum absolute atomic E-state index is 11.2. The fraction of sp³-hybridized carbons (Fsp3) is 0.300. The van der Waals surface area contributed by atoms with Crippen LogP contribution in [0.2, 0.25) is 0 Å². The van der Waals surface area contributed by atoms with E-state index in [2.05, 4.69) is 20.7 Å². The third-order valence-corrected chi connectivity index (χ3v) is 3.33. The van der Waals surface area contributed by atoms with Crippen molar-refractivity contribution in [2.75, 3.05) is 18.1 Å². The van der Waals surface area contributed by atoms with Crippen molar-refractivity contribution in [3.63, 3.8) is 0 Å². The van der Waals surface area contributed by atoms with E-state index in [0.717, 1.165) is 6.26 Å². The number of rotatable bonds is 5. The van der Waals surface area contributed by atoms with E-state index in [1.165, 1.54) is 19.2 Å². The molecule has 0 aliphatic heterocycles. The van der Waals surface area contributed by atoms with Gasteiger partial charge in [0.15, 0.2) is 0 Å². The summed E-state index contributed by atoms with van der Waals surface area (Å²) in [6.07, 6.45) is 0.835. The van der Waals surface area contributed by atoms with Crippen LogP contribution in [0, 0.1) is 0 Å². The molecule has 2 N–H and O–H groups in total. The number of carboxylic acids is 1. The van der Waals surface area contributed by atoms with E-state index in [0.29, 0.717) is 10.0 Å². The van der Waals surface area contributed by atoms with Crippen LogP contribution in [0.4, 0.5) is 5.69 Å². The molecule has 0 radical (unpaired) electrons. The highest BCUT2D eigenvalue weighted by molar-refractivity contribution is 9.10. The van der Waals surface area contributed by atoms with E-state index in [9.17, 15) is 13.2 Å². The van der Waals surface area contributed by atoms with Gasteiger partial charge in [-0.2, -0.15) is 0 Å². The number of halogens is 1. The molecule has 8 heteroatoms. The van der Waals surface area contributed by atoms with Crippen LogP contribution in [0.1, 0.15) is 5.56 Å². The van der Waals surface area contributed by atoms with Crippen molar-refractivity contribution in [1.82, 2.24) is 0 Å². The fourth-order valence-corrected chi connectivity index (χ4v) is 2.38. The second-order valence-electron chi connectivity index (χ2n) is 3.59. The zero-order chi connectivity index (χ0) is 13.9. The number of nitrogens with one attached hydrogen (secondary N) is 1. The molecule has 0 aliphatic carbocycles. The Morgan fingerprint density at radius 2 is 2.11 bits per heavy atom. The molecule has 1 aromatic rings. The summed E-state index contributed by atoms with van der Waals surface area (Å²) in [5.74, 6) is -0.721. The van der Waals surface area contributed by atoms with Gasteiger partial charge in [0.05, 0.1) is 25.5 Å². The normalized spacial score (nSPS) is 11.1. The topological polar surface area (TPSA) is 92.7 Å². The van der Waals surface area contributed by atoms with Crippen LogP contribution in [0.25, 0.3) is 0 Å². The van der Waals surface area contributed by atoms with Gasteiger partial charge in [-0.05, 0) is 17.7 Å². The van der Waals surface area contributed by atoms with Crippen LogP contribution in [-0.2, 0) is 21.2 Å². The summed E-state index contributed by atoms with van der Waals surface area (Å²) >= 11 is 3.19. The van der Waals surface area contributed by atoms with Crippen LogP contribution in [-0.4, -0.2) is 32.9 Å². The lowest BCUT2D eigenvalue weighted by atomic mass is 10.1. The summed E-state index contributed by atoms with van der Waals surface area (Å²) in [5.41, 5.74) is 0.749. The lowest BCUT2D eigenvalue weighted by Crippen LogP contribution is -2.11. The van der Waals surface area contributed by atoms with E-state index in [4.69, 9.17) is 9.84 Å². The van der Waals surface area contributed by atoms with Gasteiger partial charge < -0.3 is 9.84 Å². The molecule has 6 nitrogen and oxygen atoms in total. The minimum absolute atomic E-state index is 0.184. The van der Waals surface area contributed by atoms with Crippen LogP contribution in [0.5, 0.6) is 5.75 Å². The Kier molecular flexibility index (Phi) is 4.58. The number of sulfonamides is 1. The highest BCUT2D eigenvalue weighted by atomic mass is 79.9. The van der Waals surface area contributed by atoms with Crippen LogP contribution in [0.15, 0.2) is 16.6 Å². The van der Waals surface area contributed by atoms with Gasteiger partial charge >= 0.3 is 5.97 Å². The molecule has 0 saturated carbocycles. The Labute approximate surface area is 113 Å². The average Bonchev–Trinajstić information content (AvgIpc) is 2.19. The molecule has 0 unspecified atom stereocenters. The van der Waals surface area contributed by atoms with E-state index < -0.39 is 16.0 Å². The molecular formula is C10H12BrNO5S. The number of methoxy groups -OCH3 is 1. The van der Waals surface area contributed by atoms with Gasteiger partial charge in [0.25, 0.3) is 0 Å². The van der Waals surface area contributed by atoms with E-state index in [1.54, 1.807) is 0 Å². The van der Waals surface area contributed by atoms with Gasteiger partial charge in [0, 0.05) is 4.47 Å². The number of aliphatic carboxylic acids is 1. The third kappa shape index (κ3) is 4.19. The predicted molar refractivity (Wildman–Crippen MR) is 70.5 cm³/mol. The number of carboxylic acid groups (broad SMARTS) is 1. The van der Waals surface area contributed by atoms with Gasteiger partial charge in [-0.25, -0.2) is 8.42 Å². The summed E-state index contributed by atoms with van der Waals surface area (Å²) in [7, 11) is -2.05. The molecule has 18 heavy (non-hydrogen) atoms. The first kappa shape index (κ1) is 14.8. The lowest BCUT2D eigenvalue weighted by molar-refractivity contribution is -0.136. The maximum atomic E-state index is 11.2. The first-order valence-electron chi connectivity index (χ1n) is 4.79. The zero-order valence-electron chi connectivity index (χ0n) is 9.73. The first-order chi connectivity index (χ1) is 8.23. The monoisotopic (exact) mass is 337 g/mol. The molecule has 0 aromatic heterocycles. The molecule has 0 fully saturated rings. The Balaban J connectivity index is 3.22. The number of benzene rings is 1. The molecule has 0 heterocycles. The second-order valence-corrected chi connectivity index (χ2v) is 6.19. The van der Waals surface area contributed by atoms with Crippen LogP contribution >= 0.6 is 15.9 Å². The predicted octanol–water partition coefficient (Wildman–Crippen LogP) is 1.46.